The number of hydrogen-bond acceptors (Lipinski definition) is 6. The van der Waals surface area contributed by atoms with Crippen LogP contribution in [0.5, 0.6) is 11.5 Å². The van der Waals surface area contributed by atoms with Gasteiger partial charge in [0.2, 0.25) is 0 Å². The Bertz CT molecular complexity index is 1350. The molecule has 0 amide bonds. The van der Waals surface area contributed by atoms with Crippen molar-refractivity contribution in [1.29, 1.82) is 0 Å². The number of carbonyl (C=O) groups is 2. The Labute approximate surface area is 209 Å². The van der Waals surface area contributed by atoms with Crippen LogP contribution in [0.2, 0.25) is 0 Å². The molecule has 0 bridgehead atoms. The van der Waals surface area contributed by atoms with Crippen LogP contribution in [-0.2, 0) is 30.3 Å². The zero-order chi connectivity index (χ0) is 25.5. The summed E-state index contributed by atoms with van der Waals surface area (Å²) in [6.07, 6.45) is 0. The van der Waals surface area contributed by atoms with E-state index in [0.717, 1.165) is 33.0 Å². The average molecular weight is 483 g/mol. The fourth-order valence-electron chi connectivity index (χ4n) is 5.61. The Morgan fingerprint density at radius 1 is 0.583 bits per heavy atom. The van der Waals surface area contributed by atoms with Gasteiger partial charge in [0.25, 0.3) is 0 Å². The van der Waals surface area contributed by atoms with Crippen molar-refractivity contribution in [3.8, 4) is 11.5 Å². The van der Waals surface area contributed by atoms with E-state index in [2.05, 4.69) is 24.3 Å². The van der Waals surface area contributed by atoms with Crippen molar-refractivity contribution in [2.24, 2.45) is 0 Å². The molecule has 6 heteroatoms. The first kappa shape index (κ1) is 23.7. The van der Waals surface area contributed by atoms with Crippen LogP contribution in [0.25, 0.3) is 10.8 Å². The Morgan fingerprint density at radius 3 is 1.31 bits per heavy atom. The second-order valence-corrected chi connectivity index (χ2v) is 8.72. The van der Waals surface area contributed by atoms with Crippen LogP contribution < -0.4 is 9.47 Å². The first-order chi connectivity index (χ1) is 17.4. The summed E-state index contributed by atoms with van der Waals surface area (Å²) in [4.78, 5) is 23.0. The highest BCUT2D eigenvalue weighted by Crippen LogP contribution is 2.61. The number of rotatable bonds is 6. The number of benzene rings is 4. The Balaban J connectivity index is 1.81. The Kier molecular flexibility index (Phi) is 5.86. The lowest BCUT2D eigenvalue weighted by molar-refractivity contribution is -0.147. The lowest BCUT2D eigenvalue weighted by atomic mass is 9.71. The summed E-state index contributed by atoms with van der Waals surface area (Å²) in [6, 6.07) is 26.9. The van der Waals surface area contributed by atoms with Crippen molar-refractivity contribution in [2.45, 2.75) is 25.0 Å². The van der Waals surface area contributed by atoms with Gasteiger partial charge in [-0.05, 0) is 46.2 Å². The van der Waals surface area contributed by atoms with E-state index in [1.54, 1.807) is 38.5 Å². The van der Waals surface area contributed by atoms with Gasteiger partial charge >= 0.3 is 11.9 Å². The molecule has 36 heavy (non-hydrogen) atoms. The number of esters is 2. The maximum absolute atomic E-state index is 11.5. The first-order valence-electron chi connectivity index (χ1n) is 11.6. The maximum atomic E-state index is 11.5. The van der Waals surface area contributed by atoms with Crippen molar-refractivity contribution < 1.29 is 28.5 Å². The summed E-state index contributed by atoms with van der Waals surface area (Å²) in [5, 5.41) is 2.12. The molecule has 2 atom stereocenters. The molecule has 4 aromatic rings. The minimum Gasteiger partial charge on any atom is -0.427 e. The highest BCUT2D eigenvalue weighted by Gasteiger charge is 2.62. The molecule has 0 fully saturated rings. The number of methoxy groups -OCH3 is 2. The van der Waals surface area contributed by atoms with Gasteiger partial charge in [0.05, 0.1) is 0 Å². The quantitative estimate of drug-likeness (QED) is 0.268. The zero-order valence-corrected chi connectivity index (χ0v) is 20.5. The molecule has 0 spiro atoms. The van der Waals surface area contributed by atoms with Crippen LogP contribution in [0.15, 0.2) is 84.9 Å². The molecule has 0 aliphatic heterocycles. The minimum absolute atomic E-state index is 0.388. The zero-order valence-electron chi connectivity index (χ0n) is 20.5. The van der Waals surface area contributed by atoms with Gasteiger partial charge in [-0.3, -0.25) is 9.59 Å². The van der Waals surface area contributed by atoms with Gasteiger partial charge in [-0.2, -0.15) is 0 Å². The third-order valence-corrected chi connectivity index (χ3v) is 6.82. The number of hydrogen-bond donors (Lipinski definition) is 0. The van der Waals surface area contributed by atoms with Gasteiger partial charge in [0, 0.05) is 39.2 Å². The molecule has 182 valence electrons. The van der Waals surface area contributed by atoms with Gasteiger partial charge in [0.15, 0.2) is 11.2 Å². The molecule has 0 saturated carbocycles. The van der Waals surface area contributed by atoms with E-state index in [-0.39, 0.29) is 11.9 Å². The van der Waals surface area contributed by atoms with E-state index in [0.29, 0.717) is 11.5 Å². The van der Waals surface area contributed by atoms with Crippen LogP contribution in [0.3, 0.4) is 0 Å². The average Bonchev–Trinajstić information content (AvgIpc) is 3.13. The SMILES string of the molecule is COC1(c2ccc(OC(C)=O)cc2)c2cccc3cccc(c23)C1(OC)c1ccc(OC(C)=O)cc1. The van der Waals surface area contributed by atoms with E-state index in [9.17, 15) is 9.59 Å². The summed E-state index contributed by atoms with van der Waals surface area (Å²) < 4.78 is 23.6. The van der Waals surface area contributed by atoms with Crippen LogP contribution in [0.4, 0.5) is 0 Å². The Morgan fingerprint density at radius 2 is 0.972 bits per heavy atom. The third kappa shape index (κ3) is 3.33. The Hall–Kier alpha value is -4.00. The van der Waals surface area contributed by atoms with E-state index >= 15 is 0 Å². The summed E-state index contributed by atoms with van der Waals surface area (Å²) in [6.45, 7) is 2.74. The van der Waals surface area contributed by atoms with Crippen molar-refractivity contribution in [1.82, 2.24) is 0 Å². The number of carbonyl (C=O) groups excluding carboxylic acids is 2. The standard InChI is InChI=1S/C30H26O6/c1-19(31)35-24-15-11-22(12-16-24)29(33-3)26-9-5-7-21-8-6-10-27(28(21)26)30(29,34-4)23-13-17-25(18-14-23)36-20(2)32/h5-18H,1-4H3. The fraction of sp³-hybridized carbons (Fsp3) is 0.200. The first-order valence-corrected chi connectivity index (χ1v) is 11.6. The molecule has 0 aromatic heterocycles. The molecule has 0 N–H and O–H groups in total. The van der Waals surface area contributed by atoms with Crippen molar-refractivity contribution in [2.75, 3.05) is 14.2 Å². The molecular formula is C30H26O6. The third-order valence-electron chi connectivity index (χ3n) is 6.82. The predicted octanol–water partition coefficient (Wildman–Crippen LogP) is 5.48. The molecule has 0 radical (unpaired) electrons. The van der Waals surface area contributed by atoms with E-state index < -0.39 is 11.2 Å². The number of ether oxygens (including phenoxy) is 4. The highest BCUT2D eigenvalue weighted by atomic mass is 16.6. The van der Waals surface area contributed by atoms with Crippen molar-refractivity contribution >= 4 is 22.7 Å². The van der Waals surface area contributed by atoms with Crippen molar-refractivity contribution in [3.63, 3.8) is 0 Å². The van der Waals surface area contributed by atoms with Gasteiger partial charge in [-0.25, -0.2) is 0 Å². The summed E-state index contributed by atoms with van der Waals surface area (Å²) in [5.41, 5.74) is 1.42. The van der Waals surface area contributed by atoms with Crippen LogP contribution in [0, 0.1) is 0 Å². The second-order valence-electron chi connectivity index (χ2n) is 8.72. The van der Waals surface area contributed by atoms with Gasteiger partial charge < -0.3 is 18.9 Å². The lowest BCUT2D eigenvalue weighted by Gasteiger charge is -2.46. The second kappa shape index (κ2) is 8.90. The molecule has 6 nitrogen and oxygen atoms in total. The highest BCUT2D eigenvalue weighted by molar-refractivity contribution is 5.95. The normalized spacial score (nSPS) is 20.3. The van der Waals surface area contributed by atoms with Gasteiger partial charge in [-0.1, -0.05) is 60.7 Å². The van der Waals surface area contributed by atoms with Gasteiger partial charge in [0.1, 0.15) is 11.5 Å². The van der Waals surface area contributed by atoms with Crippen LogP contribution in [0.1, 0.15) is 36.1 Å². The summed E-state index contributed by atoms with van der Waals surface area (Å²) in [7, 11) is 3.34. The van der Waals surface area contributed by atoms with E-state index in [1.165, 1.54) is 13.8 Å². The predicted molar refractivity (Wildman–Crippen MR) is 135 cm³/mol. The molecule has 2 unspecified atom stereocenters. The molecule has 1 aliphatic rings. The molecule has 0 saturated heterocycles. The maximum Gasteiger partial charge on any atom is 0.308 e. The fourth-order valence-corrected chi connectivity index (χ4v) is 5.61. The minimum atomic E-state index is -1.08. The van der Waals surface area contributed by atoms with E-state index in [1.807, 2.05) is 36.4 Å². The summed E-state index contributed by atoms with van der Waals surface area (Å²) in [5.74, 6) is 0.114. The van der Waals surface area contributed by atoms with Crippen LogP contribution in [-0.4, -0.2) is 26.2 Å². The molecule has 4 aromatic carbocycles. The lowest BCUT2D eigenvalue weighted by Crippen LogP contribution is -2.50. The van der Waals surface area contributed by atoms with E-state index in [4.69, 9.17) is 18.9 Å². The largest absolute Gasteiger partial charge is 0.427 e. The monoisotopic (exact) mass is 482 g/mol. The summed E-state index contributed by atoms with van der Waals surface area (Å²) >= 11 is 0. The van der Waals surface area contributed by atoms with Crippen LogP contribution >= 0.6 is 0 Å². The topological polar surface area (TPSA) is 71.1 Å². The molecule has 1 aliphatic carbocycles. The van der Waals surface area contributed by atoms with Gasteiger partial charge in [-0.15, -0.1) is 0 Å². The molecule has 5 rings (SSSR count). The smallest absolute Gasteiger partial charge is 0.308 e. The van der Waals surface area contributed by atoms with Crippen molar-refractivity contribution in [3.05, 3.63) is 107 Å². The molecular weight excluding hydrogens is 456 g/mol. The molecule has 0 heterocycles.